The van der Waals surface area contributed by atoms with Crippen LogP contribution in [0.1, 0.15) is 12.8 Å². The van der Waals surface area contributed by atoms with Crippen LogP contribution in [0.3, 0.4) is 0 Å². The number of ether oxygens (including phenoxy) is 1. The lowest BCUT2D eigenvalue weighted by atomic mass is 10.1. The Labute approximate surface area is 92.7 Å². The maximum absolute atomic E-state index is 5.83. The number of aromatic nitrogens is 4. The average molecular weight is 219 g/mol. The van der Waals surface area contributed by atoms with Crippen LogP contribution in [0.25, 0.3) is 5.65 Å². The predicted molar refractivity (Wildman–Crippen MR) is 57.3 cm³/mol. The number of hydrogen-bond donors (Lipinski definition) is 1. The van der Waals surface area contributed by atoms with Crippen molar-refractivity contribution >= 4 is 5.65 Å². The van der Waals surface area contributed by atoms with Gasteiger partial charge in [0.2, 0.25) is 5.65 Å². The molecule has 0 aromatic carbocycles. The van der Waals surface area contributed by atoms with E-state index in [1.807, 2.05) is 0 Å². The van der Waals surface area contributed by atoms with Gasteiger partial charge in [0.15, 0.2) is 0 Å². The quantitative estimate of drug-likeness (QED) is 0.784. The van der Waals surface area contributed by atoms with Gasteiger partial charge in [0.1, 0.15) is 12.4 Å². The molecular weight excluding hydrogens is 206 g/mol. The Bertz CT molecular complexity index is 477. The third-order valence-electron chi connectivity index (χ3n) is 2.71. The minimum absolute atomic E-state index is 0.184. The van der Waals surface area contributed by atoms with Crippen molar-refractivity contribution in [3.8, 4) is 5.88 Å². The summed E-state index contributed by atoms with van der Waals surface area (Å²) in [4.78, 5) is 4.20. The second kappa shape index (κ2) is 4.05. The molecule has 16 heavy (non-hydrogen) atoms. The van der Waals surface area contributed by atoms with Crippen LogP contribution in [0.4, 0.5) is 0 Å². The summed E-state index contributed by atoms with van der Waals surface area (Å²) in [7, 11) is 0. The first-order valence-electron chi connectivity index (χ1n) is 5.45. The molecule has 1 aliphatic rings. The van der Waals surface area contributed by atoms with Crippen molar-refractivity contribution in [1.29, 1.82) is 0 Å². The number of rotatable bonds is 2. The fraction of sp³-hybridized carbons (Fsp3) is 0.500. The van der Waals surface area contributed by atoms with Crippen LogP contribution in [0, 0.1) is 0 Å². The van der Waals surface area contributed by atoms with Gasteiger partial charge in [-0.05, 0) is 19.4 Å². The summed E-state index contributed by atoms with van der Waals surface area (Å²) in [6, 6.07) is 0. The van der Waals surface area contributed by atoms with Crippen molar-refractivity contribution in [2.75, 3.05) is 13.1 Å². The van der Waals surface area contributed by atoms with Crippen LogP contribution < -0.4 is 10.1 Å². The fourth-order valence-electron chi connectivity index (χ4n) is 1.90. The highest BCUT2D eigenvalue weighted by atomic mass is 16.5. The Morgan fingerprint density at radius 1 is 1.50 bits per heavy atom. The van der Waals surface area contributed by atoms with Crippen LogP contribution in [0.5, 0.6) is 5.88 Å². The molecule has 0 aliphatic carbocycles. The molecule has 1 N–H and O–H groups in total. The molecule has 3 rings (SSSR count). The third-order valence-corrected chi connectivity index (χ3v) is 2.71. The predicted octanol–water partition coefficient (Wildman–Crippen LogP) is 0.255. The zero-order chi connectivity index (χ0) is 10.8. The van der Waals surface area contributed by atoms with E-state index in [2.05, 4.69) is 20.5 Å². The molecule has 84 valence electrons. The van der Waals surface area contributed by atoms with Gasteiger partial charge < -0.3 is 10.1 Å². The van der Waals surface area contributed by atoms with Crippen molar-refractivity contribution in [2.24, 2.45) is 0 Å². The number of nitrogens with one attached hydrogen (secondary N) is 1. The van der Waals surface area contributed by atoms with Gasteiger partial charge in [0.25, 0.3) is 5.88 Å². The molecule has 0 spiro atoms. The monoisotopic (exact) mass is 219 g/mol. The van der Waals surface area contributed by atoms with Crippen molar-refractivity contribution in [3.63, 3.8) is 0 Å². The molecule has 2 aromatic heterocycles. The first-order chi connectivity index (χ1) is 7.93. The summed E-state index contributed by atoms with van der Waals surface area (Å²) in [6.45, 7) is 1.94. The lowest BCUT2D eigenvalue weighted by molar-refractivity contribution is 0.162. The van der Waals surface area contributed by atoms with Crippen LogP contribution in [-0.2, 0) is 0 Å². The Hall–Kier alpha value is -1.69. The van der Waals surface area contributed by atoms with Crippen molar-refractivity contribution < 1.29 is 4.74 Å². The van der Waals surface area contributed by atoms with Gasteiger partial charge in [-0.25, -0.2) is 4.98 Å². The number of piperidine rings is 1. The van der Waals surface area contributed by atoms with E-state index < -0.39 is 0 Å². The van der Waals surface area contributed by atoms with Gasteiger partial charge in [-0.1, -0.05) is 0 Å². The molecule has 6 heteroatoms. The molecule has 1 atom stereocenters. The maximum Gasteiger partial charge on any atom is 0.260 e. The smallest absolute Gasteiger partial charge is 0.260 e. The molecule has 2 aromatic rings. The molecule has 1 saturated heterocycles. The van der Waals surface area contributed by atoms with E-state index in [-0.39, 0.29) is 6.10 Å². The molecule has 0 unspecified atom stereocenters. The van der Waals surface area contributed by atoms with Crippen molar-refractivity contribution in [2.45, 2.75) is 18.9 Å². The van der Waals surface area contributed by atoms with Crippen molar-refractivity contribution in [1.82, 2.24) is 24.9 Å². The molecule has 1 fully saturated rings. The Balaban J connectivity index is 1.85. The highest BCUT2D eigenvalue weighted by Crippen LogP contribution is 2.16. The normalized spacial score (nSPS) is 21.1. The third kappa shape index (κ3) is 1.71. The highest BCUT2D eigenvalue weighted by Gasteiger charge is 2.17. The van der Waals surface area contributed by atoms with E-state index in [0.29, 0.717) is 11.5 Å². The number of nitrogens with zero attached hydrogens (tertiary/aromatic N) is 4. The van der Waals surface area contributed by atoms with E-state index in [4.69, 9.17) is 4.74 Å². The second-order valence-electron chi connectivity index (χ2n) is 3.88. The molecule has 1 aliphatic heterocycles. The average Bonchev–Trinajstić information content (AvgIpc) is 2.80. The first-order valence-corrected chi connectivity index (χ1v) is 5.45. The van der Waals surface area contributed by atoms with Crippen LogP contribution in [0.15, 0.2) is 18.7 Å². The van der Waals surface area contributed by atoms with E-state index in [1.165, 1.54) is 0 Å². The summed E-state index contributed by atoms with van der Waals surface area (Å²) >= 11 is 0. The van der Waals surface area contributed by atoms with Crippen LogP contribution >= 0.6 is 0 Å². The van der Waals surface area contributed by atoms with Crippen LogP contribution in [-0.4, -0.2) is 38.8 Å². The number of fused-ring (bicyclic) bond motifs is 1. The van der Waals surface area contributed by atoms with Gasteiger partial charge in [-0.2, -0.15) is 0 Å². The van der Waals surface area contributed by atoms with E-state index >= 15 is 0 Å². The summed E-state index contributed by atoms with van der Waals surface area (Å²) in [5.74, 6) is 0.564. The topological polar surface area (TPSA) is 64.3 Å². The fourth-order valence-corrected chi connectivity index (χ4v) is 1.90. The molecule has 0 radical (unpaired) electrons. The summed E-state index contributed by atoms with van der Waals surface area (Å²) < 4.78 is 7.63. The zero-order valence-electron chi connectivity index (χ0n) is 8.83. The van der Waals surface area contributed by atoms with Gasteiger partial charge in [-0.3, -0.25) is 4.40 Å². The Kier molecular flexibility index (Phi) is 2.41. The number of hydrogen-bond acceptors (Lipinski definition) is 5. The SMILES string of the molecule is c1cn2cnnc2c(O[C@H]2CCCNC2)n1. The second-order valence-corrected chi connectivity index (χ2v) is 3.88. The van der Waals surface area contributed by atoms with E-state index in [9.17, 15) is 0 Å². The molecule has 0 bridgehead atoms. The van der Waals surface area contributed by atoms with Gasteiger partial charge >= 0.3 is 0 Å². The molecule has 0 amide bonds. The Morgan fingerprint density at radius 2 is 2.50 bits per heavy atom. The zero-order valence-corrected chi connectivity index (χ0v) is 8.83. The lowest BCUT2D eigenvalue weighted by Gasteiger charge is -2.23. The van der Waals surface area contributed by atoms with Gasteiger partial charge in [-0.15, -0.1) is 10.2 Å². The van der Waals surface area contributed by atoms with Crippen LogP contribution in [0.2, 0.25) is 0 Å². The summed E-state index contributed by atoms with van der Waals surface area (Å²) in [6.07, 6.45) is 7.53. The highest BCUT2D eigenvalue weighted by molar-refractivity contribution is 5.47. The summed E-state index contributed by atoms with van der Waals surface area (Å²) in [5.41, 5.74) is 0.674. The molecule has 0 saturated carbocycles. The first kappa shape index (κ1) is 9.53. The Morgan fingerprint density at radius 3 is 3.38 bits per heavy atom. The van der Waals surface area contributed by atoms with Gasteiger partial charge in [0.05, 0.1) is 0 Å². The van der Waals surface area contributed by atoms with Crippen molar-refractivity contribution in [3.05, 3.63) is 18.7 Å². The van der Waals surface area contributed by atoms with E-state index in [0.717, 1.165) is 25.9 Å². The van der Waals surface area contributed by atoms with E-state index in [1.54, 1.807) is 23.1 Å². The molecule has 3 heterocycles. The van der Waals surface area contributed by atoms with Gasteiger partial charge in [0, 0.05) is 18.9 Å². The molecular formula is C10H13N5O. The minimum atomic E-state index is 0.184. The summed E-state index contributed by atoms with van der Waals surface area (Å²) in [5, 5.41) is 11.1. The lowest BCUT2D eigenvalue weighted by Crippen LogP contribution is -2.37. The molecule has 6 nitrogen and oxygen atoms in total. The standard InChI is InChI=1S/C10H13N5O/c1-2-8(6-11-3-1)16-10-9-14-13-7-15(9)5-4-12-10/h4-5,7-8,11H,1-3,6H2/t8-/m0/s1. The minimum Gasteiger partial charge on any atom is -0.470 e. The maximum atomic E-state index is 5.83. The largest absolute Gasteiger partial charge is 0.470 e.